The number of hydrogen-bond donors (Lipinski definition) is 1. The highest BCUT2D eigenvalue weighted by molar-refractivity contribution is 7.17. The molecule has 3 aromatic rings. The Morgan fingerprint density at radius 1 is 1.17 bits per heavy atom. The normalized spacial score (nSPS) is 15.1. The van der Waals surface area contributed by atoms with Gasteiger partial charge in [-0.05, 0) is 29.1 Å². The molecule has 1 N–H and O–H groups in total. The second kappa shape index (κ2) is 6.37. The Morgan fingerprint density at radius 3 is 2.79 bits per heavy atom. The van der Waals surface area contributed by atoms with E-state index in [0.29, 0.717) is 6.54 Å². The maximum atomic E-state index is 13.4. The molecule has 124 valence electrons. The molecule has 1 saturated heterocycles. The van der Waals surface area contributed by atoms with Crippen LogP contribution >= 0.6 is 11.3 Å². The van der Waals surface area contributed by atoms with E-state index in [1.165, 1.54) is 12.1 Å². The molecule has 24 heavy (non-hydrogen) atoms. The summed E-state index contributed by atoms with van der Waals surface area (Å²) in [7, 11) is 0. The monoisotopic (exact) mass is 343 g/mol. The van der Waals surface area contributed by atoms with E-state index in [4.69, 9.17) is 0 Å². The summed E-state index contributed by atoms with van der Waals surface area (Å²) in [6.07, 6.45) is 0. The van der Waals surface area contributed by atoms with Gasteiger partial charge >= 0.3 is 0 Å². The molecule has 0 atom stereocenters. The molecule has 0 spiro atoms. The van der Waals surface area contributed by atoms with Crippen LogP contribution in [-0.4, -0.2) is 30.7 Å². The second-order valence-electron chi connectivity index (χ2n) is 5.96. The van der Waals surface area contributed by atoms with Gasteiger partial charge in [0.15, 0.2) is 0 Å². The van der Waals surface area contributed by atoms with Crippen molar-refractivity contribution in [1.82, 2.24) is 9.88 Å². The minimum Gasteiger partial charge on any atom is -0.368 e. The third-order valence-corrected chi connectivity index (χ3v) is 5.31. The highest BCUT2D eigenvalue weighted by Gasteiger charge is 2.17. The highest BCUT2D eigenvalue weighted by atomic mass is 32.1. The Bertz CT molecular complexity index is 927. The van der Waals surface area contributed by atoms with E-state index in [9.17, 15) is 9.18 Å². The van der Waals surface area contributed by atoms with Crippen LogP contribution in [0.2, 0.25) is 0 Å². The Morgan fingerprint density at radius 2 is 2.00 bits per heavy atom. The topological polar surface area (TPSA) is 37.3 Å². The summed E-state index contributed by atoms with van der Waals surface area (Å²) in [6, 6.07) is 10.1. The van der Waals surface area contributed by atoms with Crippen LogP contribution in [0.1, 0.15) is 5.56 Å². The maximum Gasteiger partial charge on any atom is 0.253 e. The fraction of sp³-hybridized carbons (Fsp3) is 0.278. The van der Waals surface area contributed by atoms with Crippen molar-refractivity contribution in [3.8, 4) is 0 Å². The van der Waals surface area contributed by atoms with Crippen LogP contribution in [-0.2, 0) is 6.54 Å². The fourth-order valence-electron chi connectivity index (χ4n) is 3.21. The molecule has 0 saturated carbocycles. The number of nitrogens with one attached hydrogen (secondary N) is 1. The van der Waals surface area contributed by atoms with Crippen molar-refractivity contribution in [2.45, 2.75) is 6.54 Å². The molecule has 1 fully saturated rings. The van der Waals surface area contributed by atoms with Crippen molar-refractivity contribution < 1.29 is 4.39 Å². The minimum atomic E-state index is -0.278. The van der Waals surface area contributed by atoms with Crippen molar-refractivity contribution in [3.05, 3.63) is 63.5 Å². The largest absolute Gasteiger partial charge is 0.368 e. The van der Waals surface area contributed by atoms with E-state index in [1.54, 1.807) is 28.0 Å². The zero-order valence-corrected chi connectivity index (χ0v) is 14.0. The van der Waals surface area contributed by atoms with Gasteiger partial charge in [0.05, 0.1) is 22.4 Å². The zero-order chi connectivity index (χ0) is 16.5. The first-order valence-corrected chi connectivity index (χ1v) is 8.91. The first-order valence-electron chi connectivity index (χ1n) is 8.03. The molecule has 0 aliphatic carbocycles. The molecular formula is C18H18FN3OS. The Balaban J connectivity index is 1.79. The molecular weight excluding hydrogens is 325 g/mol. The maximum absolute atomic E-state index is 13.4. The van der Waals surface area contributed by atoms with Crippen LogP contribution in [0, 0.1) is 5.82 Å². The summed E-state index contributed by atoms with van der Waals surface area (Å²) in [5.74, 6) is -0.278. The number of halogens is 1. The second-order valence-corrected chi connectivity index (χ2v) is 6.87. The Hall–Kier alpha value is -2.18. The molecule has 1 aromatic carbocycles. The smallest absolute Gasteiger partial charge is 0.253 e. The van der Waals surface area contributed by atoms with Crippen LogP contribution in [0.5, 0.6) is 0 Å². The molecule has 0 unspecified atom stereocenters. The van der Waals surface area contributed by atoms with E-state index in [0.717, 1.165) is 47.6 Å². The number of fused-ring (bicyclic) bond motifs is 1. The van der Waals surface area contributed by atoms with Gasteiger partial charge < -0.3 is 14.8 Å². The molecule has 1 aliphatic heterocycles. The van der Waals surface area contributed by atoms with Gasteiger partial charge in [-0.2, -0.15) is 0 Å². The number of rotatable bonds is 3. The van der Waals surface area contributed by atoms with E-state index in [2.05, 4.69) is 10.2 Å². The number of piperazine rings is 1. The number of aromatic nitrogens is 1. The van der Waals surface area contributed by atoms with E-state index >= 15 is 0 Å². The standard InChI is InChI=1S/C18H18FN3OS/c19-14-3-1-2-13(10-14)12-22-15-4-9-24-18(15)16(11-17(22)23)21-7-5-20-6-8-21/h1-4,9-11,20H,5-8,12H2. The van der Waals surface area contributed by atoms with Crippen LogP contribution < -0.4 is 15.8 Å². The number of anilines is 1. The van der Waals surface area contributed by atoms with Crippen LogP contribution in [0.4, 0.5) is 10.1 Å². The minimum absolute atomic E-state index is 0.0429. The number of benzene rings is 1. The first kappa shape index (κ1) is 15.4. The van der Waals surface area contributed by atoms with Crippen LogP contribution in [0.15, 0.2) is 46.6 Å². The molecule has 0 radical (unpaired) electrons. The van der Waals surface area contributed by atoms with Gasteiger partial charge in [-0.25, -0.2) is 4.39 Å². The average molecular weight is 343 g/mol. The van der Waals surface area contributed by atoms with Crippen molar-refractivity contribution >= 4 is 27.2 Å². The van der Waals surface area contributed by atoms with Gasteiger partial charge in [0, 0.05) is 32.2 Å². The van der Waals surface area contributed by atoms with Gasteiger partial charge in [0.25, 0.3) is 5.56 Å². The van der Waals surface area contributed by atoms with Gasteiger partial charge in [-0.15, -0.1) is 11.3 Å². The predicted octanol–water partition coefficient (Wildman–Crippen LogP) is 2.66. The molecule has 0 bridgehead atoms. The highest BCUT2D eigenvalue weighted by Crippen LogP contribution is 2.30. The summed E-state index contributed by atoms with van der Waals surface area (Å²) >= 11 is 1.65. The lowest BCUT2D eigenvalue weighted by Gasteiger charge is -2.30. The quantitative estimate of drug-likeness (QED) is 0.794. The predicted molar refractivity (Wildman–Crippen MR) is 96.7 cm³/mol. The summed E-state index contributed by atoms with van der Waals surface area (Å²) in [4.78, 5) is 15.0. The van der Waals surface area contributed by atoms with Crippen molar-refractivity contribution in [3.63, 3.8) is 0 Å². The number of pyridine rings is 1. The summed E-state index contributed by atoms with van der Waals surface area (Å²) in [5.41, 5.74) is 2.69. The molecule has 3 heterocycles. The summed E-state index contributed by atoms with van der Waals surface area (Å²) in [6.45, 7) is 4.05. The zero-order valence-electron chi connectivity index (χ0n) is 13.2. The van der Waals surface area contributed by atoms with E-state index in [-0.39, 0.29) is 11.4 Å². The molecule has 1 aliphatic rings. The third kappa shape index (κ3) is 2.83. The lowest BCUT2D eigenvalue weighted by Crippen LogP contribution is -2.44. The van der Waals surface area contributed by atoms with E-state index in [1.807, 2.05) is 17.5 Å². The SMILES string of the molecule is O=c1cc(N2CCNCC2)c2sccc2n1Cc1cccc(F)c1. The Kier molecular flexibility index (Phi) is 4.08. The lowest BCUT2D eigenvalue weighted by atomic mass is 10.2. The molecule has 4 rings (SSSR count). The molecule has 0 amide bonds. The van der Waals surface area contributed by atoms with Gasteiger partial charge in [-0.3, -0.25) is 4.79 Å². The lowest BCUT2D eigenvalue weighted by molar-refractivity contribution is 0.590. The van der Waals surface area contributed by atoms with Gasteiger partial charge in [0.2, 0.25) is 0 Å². The molecule has 4 nitrogen and oxygen atoms in total. The van der Waals surface area contributed by atoms with Crippen molar-refractivity contribution in [2.24, 2.45) is 0 Å². The van der Waals surface area contributed by atoms with Crippen LogP contribution in [0.3, 0.4) is 0 Å². The third-order valence-electron chi connectivity index (χ3n) is 4.38. The summed E-state index contributed by atoms with van der Waals surface area (Å²) in [5, 5.41) is 5.34. The van der Waals surface area contributed by atoms with Crippen molar-refractivity contribution in [1.29, 1.82) is 0 Å². The summed E-state index contributed by atoms with van der Waals surface area (Å²) < 4.78 is 16.3. The number of thiophene rings is 1. The van der Waals surface area contributed by atoms with Crippen molar-refractivity contribution in [2.75, 3.05) is 31.1 Å². The number of nitrogens with zero attached hydrogens (tertiary/aromatic N) is 2. The molecule has 2 aromatic heterocycles. The van der Waals surface area contributed by atoms with Crippen LogP contribution in [0.25, 0.3) is 10.2 Å². The van der Waals surface area contributed by atoms with Gasteiger partial charge in [0.1, 0.15) is 5.82 Å². The van der Waals surface area contributed by atoms with Gasteiger partial charge in [-0.1, -0.05) is 12.1 Å². The molecule has 6 heteroatoms. The average Bonchev–Trinajstić information content (AvgIpc) is 3.07. The fourth-order valence-corrected chi connectivity index (χ4v) is 4.15. The van der Waals surface area contributed by atoms with E-state index < -0.39 is 0 Å². The Labute approximate surface area is 143 Å². The number of hydrogen-bond acceptors (Lipinski definition) is 4. The first-order chi connectivity index (χ1) is 11.7.